The molecule has 0 atom stereocenters. The molecule has 0 radical (unpaired) electrons. The van der Waals surface area contributed by atoms with Gasteiger partial charge >= 0.3 is 0 Å². The molecule has 0 aromatic rings. The Morgan fingerprint density at radius 3 is 2.38 bits per heavy atom. The minimum absolute atomic E-state index is 0.205. The number of ether oxygens (including phenoxy) is 1. The molecule has 0 saturated heterocycles. The lowest BCUT2D eigenvalue weighted by atomic mass is 10.3. The maximum absolute atomic E-state index is 5.00. The standard InChI is InChI=1S/C6H8OS/c1-7-6-2-4-8-5-3-6/h2-6H,1H3. The molecule has 0 aromatic carbocycles. The molecule has 1 rings (SSSR count). The van der Waals surface area contributed by atoms with E-state index in [1.807, 2.05) is 23.0 Å². The first-order valence-electron chi connectivity index (χ1n) is 2.45. The zero-order valence-corrected chi connectivity index (χ0v) is 5.52. The van der Waals surface area contributed by atoms with Gasteiger partial charge in [0.05, 0.1) is 6.10 Å². The summed E-state index contributed by atoms with van der Waals surface area (Å²) in [7, 11) is 1.70. The Labute approximate surface area is 53.4 Å². The molecule has 1 aliphatic rings. The predicted octanol–water partition coefficient (Wildman–Crippen LogP) is 1.78. The van der Waals surface area contributed by atoms with Crippen molar-refractivity contribution in [1.82, 2.24) is 0 Å². The molecule has 0 unspecified atom stereocenters. The molecule has 8 heavy (non-hydrogen) atoms. The molecule has 0 fully saturated rings. The van der Waals surface area contributed by atoms with Gasteiger partial charge in [0.1, 0.15) is 0 Å². The van der Waals surface area contributed by atoms with Crippen molar-refractivity contribution in [2.24, 2.45) is 0 Å². The second kappa shape index (κ2) is 2.95. The van der Waals surface area contributed by atoms with Crippen LogP contribution in [0, 0.1) is 0 Å². The second-order valence-corrected chi connectivity index (χ2v) is 2.31. The predicted molar refractivity (Wildman–Crippen MR) is 36.7 cm³/mol. The molecule has 0 saturated carbocycles. The quantitative estimate of drug-likeness (QED) is 0.532. The summed E-state index contributed by atoms with van der Waals surface area (Å²) < 4.78 is 5.00. The topological polar surface area (TPSA) is 9.23 Å². The van der Waals surface area contributed by atoms with E-state index in [1.165, 1.54) is 0 Å². The number of methoxy groups -OCH3 is 1. The van der Waals surface area contributed by atoms with E-state index >= 15 is 0 Å². The summed E-state index contributed by atoms with van der Waals surface area (Å²) in [6, 6.07) is 0. The lowest BCUT2D eigenvalue weighted by Crippen LogP contribution is -2.02. The first kappa shape index (κ1) is 5.92. The highest BCUT2D eigenvalue weighted by molar-refractivity contribution is 8.04. The van der Waals surface area contributed by atoms with Crippen LogP contribution in [-0.2, 0) is 4.74 Å². The molecule has 0 amide bonds. The van der Waals surface area contributed by atoms with Crippen LogP contribution in [0.3, 0.4) is 0 Å². The molecule has 1 nitrogen and oxygen atoms in total. The number of hydrogen-bond acceptors (Lipinski definition) is 2. The van der Waals surface area contributed by atoms with Crippen LogP contribution in [0.2, 0.25) is 0 Å². The zero-order valence-electron chi connectivity index (χ0n) is 4.70. The van der Waals surface area contributed by atoms with Crippen molar-refractivity contribution >= 4 is 11.8 Å². The molecule has 1 heterocycles. The first-order valence-corrected chi connectivity index (χ1v) is 3.39. The van der Waals surface area contributed by atoms with E-state index in [-0.39, 0.29) is 6.10 Å². The Morgan fingerprint density at radius 1 is 1.38 bits per heavy atom. The Balaban J connectivity index is 2.42. The number of hydrogen-bond donors (Lipinski definition) is 0. The number of rotatable bonds is 1. The van der Waals surface area contributed by atoms with Crippen LogP contribution in [0.5, 0.6) is 0 Å². The summed E-state index contributed by atoms with van der Waals surface area (Å²) >= 11 is 1.67. The zero-order chi connectivity index (χ0) is 5.82. The van der Waals surface area contributed by atoms with Crippen LogP contribution in [0.25, 0.3) is 0 Å². The molecule has 2 heteroatoms. The van der Waals surface area contributed by atoms with Gasteiger partial charge in [0.2, 0.25) is 0 Å². The maximum atomic E-state index is 5.00. The van der Waals surface area contributed by atoms with Crippen molar-refractivity contribution in [1.29, 1.82) is 0 Å². The van der Waals surface area contributed by atoms with Crippen LogP contribution in [0.15, 0.2) is 23.0 Å². The third-order valence-corrected chi connectivity index (χ3v) is 1.59. The lowest BCUT2D eigenvalue weighted by Gasteiger charge is -2.06. The summed E-state index contributed by atoms with van der Waals surface area (Å²) in [6.45, 7) is 0. The van der Waals surface area contributed by atoms with Gasteiger partial charge < -0.3 is 4.74 Å². The summed E-state index contributed by atoms with van der Waals surface area (Å²) in [5, 5.41) is 4.04. The minimum atomic E-state index is 0.205. The highest BCUT2D eigenvalue weighted by Crippen LogP contribution is 2.12. The van der Waals surface area contributed by atoms with Crippen molar-refractivity contribution in [2.75, 3.05) is 7.11 Å². The highest BCUT2D eigenvalue weighted by Gasteiger charge is 1.97. The first-order chi connectivity index (χ1) is 3.93. The molecule has 0 aromatic heterocycles. The van der Waals surface area contributed by atoms with E-state index in [2.05, 4.69) is 0 Å². The molecule has 0 spiro atoms. The van der Waals surface area contributed by atoms with Gasteiger partial charge in [-0.1, -0.05) is 0 Å². The van der Waals surface area contributed by atoms with Crippen molar-refractivity contribution in [3.05, 3.63) is 23.0 Å². The van der Waals surface area contributed by atoms with Crippen molar-refractivity contribution in [3.8, 4) is 0 Å². The SMILES string of the molecule is COC1C=CSC=C1. The van der Waals surface area contributed by atoms with Gasteiger partial charge in [-0.25, -0.2) is 0 Å². The van der Waals surface area contributed by atoms with Gasteiger partial charge in [-0.15, -0.1) is 11.8 Å². The van der Waals surface area contributed by atoms with Crippen LogP contribution < -0.4 is 0 Å². The van der Waals surface area contributed by atoms with E-state index in [1.54, 1.807) is 18.9 Å². The molecular weight excluding hydrogens is 120 g/mol. The van der Waals surface area contributed by atoms with Crippen molar-refractivity contribution < 1.29 is 4.74 Å². The summed E-state index contributed by atoms with van der Waals surface area (Å²) in [6.07, 6.45) is 4.24. The maximum Gasteiger partial charge on any atom is 0.0949 e. The van der Waals surface area contributed by atoms with E-state index in [0.29, 0.717) is 0 Å². The molecule has 44 valence electrons. The smallest absolute Gasteiger partial charge is 0.0949 e. The average molecular weight is 128 g/mol. The lowest BCUT2D eigenvalue weighted by molar-refractivity contribution is 0.178. The van der Waals surface area contributed by atoms with Crippen LogP contribution in [0.4, 0.5) is 0 Å². The Bertz CT molecular complexity index is 106. The van der Waals surface area contributed by atoms with Crippen molar-refractivity contribution in [3.63, 3.8) is 0 Å². The Morgan fingerprint density at radius 2 is 2.00 bits per heavy atom. The van der Waals surface area contributed by atoms with E-state index in [4.69, 9.17) is 4.74 Å². The van der Waals surface area contributed by atoms with Gasteiger partial charge in [-0.2, -0.15) is 0 Å². The monoisotopic (exact) mass is 128 g/mol. The molecular formula is C6H8OS. The second-order valence-electron chi connectivity index (χ2n) is 1.49. The fraction of sp³-hybridized carbons (Fsp3) is 0.333. The Hall–Kier alpha value is -0.210. The van der Waals surface area contributed by atoms with Gasteiger partial charge in [0.25, 0.3) is 0 Å². The Kier molecular flexibility index (Phi) is 2.18. The van der Waals surface area contributed by atoms with E-state index in [0.717, 1.165) is 0 Å². The highest BCUT2D eigenvalue weighted by atomic mass is 32.2. The van der Waals surface area contributed by atoms with E-state index < -0.39 is 0 Å². The van der Waals surface area contributed by atoms with E-state index in [9.17, 15) is 0 Å². The molecule has 1 aliphatic heterocycles. The molecule has 0 bridgehead atoms. The molecule has 0 N–H and O–H groups in total. The summed E-state index contributed by atoms with van der Waals surface area (Å²) in [4.78, 5) is 0. The summed E-state index contributed by atoms with van der Waals surface area (Å²) in [5.74, 6) is 0. The van der Waals surface area contributed by atoms with Crippen molar-refractivity contribution in [2.45, 2.75) is 6.10 Å². The van der Waals surface area contributed by atoms with Crippen LogP contribution in [0.1, 0.15) is 0 Å². The fourth-order valence-electron chi connectivity index (χ4n) is 0.512. The largest absolute Gasteiger partial charge is 0.373 e. The fourth-order valence-corrected chi connectivity index (χ4v) is 1.09. The van der Waals surface area contributed by atoms with Gasteiger partial charge in [0, 0.05) is 7.11 Å². The van der Waals surface area contributed by atoms with Gasteiger partial charge in [0.15, 0.2) is 0 Å². The third kappa shape index (κ3) is 1.39. The summed E-state index contributed by atoms with van der Waals surface area (Å²) in [5.41, 5.74) is 0. The minimum Gasteiger partial charge on any atom is -0.373 e. The normalized spacial score (nSPS) is 19.6. The molecule has 0 aliphatic carbocycles. The third-order valence-electron chi connectivity index (χ3n) is 0.966. The van der Waals surface area contributed by atoms with Gasteiger partial charge in [-0.3, -0.25) is 0 Å². The van der Waals surface area contributed by atoms with Crippen LogP contribution >= 0.6 is 11.8 Å². The van der Waals surface area contributed by atoms with Gasteiger partial charge in [-0.05, 0) is 23.0 Å². The average Bonchev–Trinajstić information content (AvgIpc) is 1.90. The number of thioether (sulfide) groups is 1. The van der Waals surface area contributed by atoms with Crippen LogP contribution in [-0.4, -0.2) is 13.2 Å².